The number of aromatic nitrogens is 9. The van der Waals surface area contributed by atoms with Crippen molar-refractivity contribution in [2.75, 3.05) is 0 Å². The fraction of sp³-hybridized carbons (Fsp3) is 0. The van der Waals surface area contributed by atoms with Gasteiger partial charge < -0.3 is 0 Å². The SMILES string of the molecule is c1ccc(-c2ccc(-c3nc(-c4ccccc4)c4ccc5cccnc5n34)cc2)cc1.c1ccc(-c2nc(-c3ccc(-c4ccc5c6ccccc6c6ccccc6c5c4)cc3)n3c2ccc2cccnc23)cc1.c1ccc(-c2nc(-c3ccc(-c4cccc5ccccc45)cc3)n3c2ccc2cccnc23)cc1. The van der Waals surface area contributed by atoms with Crippen LogP contribution in [0, 0.1) is 0 Å². The van der Waals surface area contributed by atoms with E-state index < -0.39 is 0 Å². The molecule has 0 bridgehead atoms. The Hall–Kier alpha value is -14.8. The number of fused-ring (bicyclic) bond motifs is 16. The average molecular weight is 1390 g/mol. The van der Waals surface area contributed by atoms with Gasteiger partial charge in [0.15, 0.2) is 0 Å². The van der Waals surface area contributed by atoms with E-state index in [-0.39, 0.29) is 0 Å². The molecule has 0 saturated carbocycles. The van der Waals surface area contributed by atoms with Gasteiger partial charge in [-0.25, -0.2) is 29.9 Å². The van der Waals surface area contributed by atoms with Crippen LogP contribution in [0.1, 0.15) is 0 Å². The summed E-state index contributed by atoms with van der Waals surface area (Å²) in [7, 11) is 0. The van der Waals surface area contributed by atoms with Crippen LogP contribution in [0.4, 0.5) is 0 Å². The summed E-state index contributed by atoms with van der Waals surface area (Å²) < 4.78 is 6.56. The summed E-state index contributed by atoms with van der Waals surface area (Å²) in [4.78, 5) is 29.7. The fourth-order valence-electron chi connectivity index (χ4n) is 15.7. The highest BCUT2D eigenvalue weighted by Crippen LogP contribution is 2.41. The third kappa shape index (κ3) is 11.5. The summed E-state index contributed by atoms with van der Waals surface area (Å²) in [6, 6.07) is 132. The molecule has 109 heavy (non-hydrogen) atoms. The molecule has 13 aromatic carbocycles. The number of benzene rings is 13. The summed E-state index contributed by atoms with van der Waals surface area (Å²) in [6.07, 6.45) is 5.53. The van der Waals surface area contributed by atoms with Crippen LogP contribution < -0.4 is 0 Å². The first-order chi connectivity index (χ1) is 54.1. The predicted molar refractivity (Wildman–Crippen MR) is 450 cm³/mol. The quantitative estimate of drug-likeness (QED) is 0.134. The number of imidazole rings is 3. The summed E-state index contributed by atoms with van der Waals surface area (Å²) in [6.45, 7) is 0. The maximum absolute atomic E-state index is 5.21. The van der Waals surface area contributed by atoms with Crippen LogP contribution in [-0.4, -0.2) is 43.1 Å². The number of hydrogen-bond donors (Lipinski definition) is 0. The number of rotatable bonds is 9. The van der Waals surface area contributed by atoms with Gasteiger partial charge in [0, 0.05) is 68.1 Å². The molecule has 0 radical (unpaired) electrons. The van der Waals surface area contributed by atoms with Crippen molar-refractivity contribution in [3.05, 3.63) is 395 Å². The van der Waals surface area contributed by atoms with Gasteiger partial charge in [-0.15, -0.1) is 0 Å². The third-order valence-electron chi connectivity index (χ3n) is 20.9. The van der Waals surface area contributed by atoms with Crippen molar-refractivity contribution in [1.29, 1.82) is 0 Å². The minimum atomic E-state index is 0.890. The van der Waals surface area contributed by atoms with E-state index in [9.17, 15) is 0 Å². The monoisotopic (exact) mass is 1390 g/mol. The van der Waals surface area contributed by atoms with Gasteiger partial charge in [0.25, 0.3) is 0 Å². The minimum absolute atomic E-state index is 0.890. The van der Waals surface area contributed by atoms with Gasteiger partial charge in [-0.1, -0.05) is 297 Å². The molecule has 9 heterocycles. The Bertz CT molecular complexity index is 7140. The molecule has 9 nitrogen and oxygen atoms in total. The zero-order valence-electron chi connectivity index (χ0n) is 59.1. The van der Waals surface area contributed by atoms with Crippen LogP contribution in [0.2, 0.25) is 0 Å². The van der Waals surface area contributed by atoms with Crippen LogP contribution in [0.15, 0.2) is 395 Å². The molecule has 9 aromatic heterocycles. The van der Waals surface area contributed by atoms with Crippen LogP contribution in [0.3, 0.4) is 0 Å². The van der Waals surface area contributed by atoms with E-state index >= 15 is 0 Å². The normalized spacial score (nSPS) is 11.5. The van der Waals surface area contributed by atoms with Crippen molar-refractivity contribution < 1.29 is 0 Å². The van der Waals surface area contributed by atoms with Crippen molar-refractivity contribution in [1.82, 2.24) is 43.1 Å². The molecule has 0 amide bonds. The molecule has 22 aromatic rings. The smallest absolute Gasteiger partial charge is 0.146 e. The van der Waals surface area contributed by atoms with Crippen LogP contribution in [0.5, 0.6) is 0 Å². The Morgan fingerprint density at radius 3 is 0.881 bits per heavy atom. The van der Waals surface area contributed by atoms with E-state index in [1.807, 2.05) is 73.2 Å². The summed E-state index contributed by atoms with van der Waals surface area (Å²) in [5.74, 6) is 2.69. The molecule has 0 saturated heterocycles. The highest BCUT2D eigenvalue weighted by Gasteiger charge is 2.22. The molecule has 0 aliphatic heterocycles. The van der Waals surface area contributed by atoms with Crippen LogP contribution in [-0.2, 0) is 0 Å². The second-order valence-electron chi connectivity index (χ2n) is 27.3. The minimum Gasteiger partial charge on any atom is -0.276 e. The molecule has 0 fully saturated rings. The molecule has 0 aliphatic carbocycles. The molecule has 510 valence electrons. The molecule has 22 rings (SSSR count). The van der Waals surface area contributed by atoms with E-state index in [0.29, 0.717) is 0 Å². The third-order valence-corrected chi connectivity index (χ3v) is 20.9. The van der Waals surface area contributed by atoms with Gasteiger partial charge in [0.1, 0.15) is 34.4 Å². The van der Waals surface area contributed by atoms with E-state index in [2.05, 4.69) is 335 Å². The molecule has 9 heteroatoms. The molecule has 0 aliphatic rings. The largest absolute Gasteiger partial charge is 0.276 e. The lowest BCUT2D eigenvalue weighted by Crippen LogP contribution is -1.94. The number of pyridine rings is 6. The lowest BCUT2D eigenvalue weighted by atomic mass is 9.92. The van der Waals surface area contributed by atoms with Gasteiger partial charge in [-0.05, 0) is 155 Å². The van der Waals surface area contributed by atoms with Crippen molar-refractivity contribution in [2.45, 2.75) is 0 Å². The Labute approximate surface area is 628 Å². The van der Waals surface area contributed by atoms with Crippen LogP contribution >= 0.6 is 0 Å². The van der Waals surface area contributed by atoms with E-state index in [0.717, 1.165) is 118 Å². The summed E-state index contributed by atoms with van der Waals surface area (Å²) in [5.41, 5.74) is 22.4. The predicted octanol–water partition coefficient (Wildman–Crippen LogP) is 25.3. The molecule has 0 atom stereocenters. The van der Waals surface area contributed by atoms with Gasteiger partial charge in [0.05, 0.1) is 33.6 Å². The highest BCUT2D eigenvalue weighted by molar-refractivity contribution is 6.26. The topological polar surface area (TPSA) is 90.6 Å². The second-order valence-corrected chi connectivity index (χ2v) is 27.3. The van der Waals surface area contributed by atoms with Crippen LogP contribution in [0.25, 0.3) is 194 Å². The van der Waals surface area contributed by atoms with Gasteiger partial charge in [-0.3, -0.25) is 13.2 Å². The molecular weight excluding hydrogens is 1330 g/mol. The maximum atomic E-state index is 5.21. The van der Waals surface area contributed by atoms with Gasteiger partial charge in [-0.2, -0.15) is 0 Å². The number of hydrogen-bond acceptors (Lipinski definition) is 6. The average Bonchev–Trinajstić information content (AvgIpc) is 1.72. The van der Waals surface area contributed by atoms with E-state index in [1.54, 1.807) is 0 Å². The Balaban J connectivity index is 0.000000109. The second kappa shape index (κ2) is 27.4. The lowest BCUT2D eigenvalue weighted by Gasteiger charge is -2.12. The van der Waals surface area contributed by atoms with Crippen molar-refractivity contribution in [2.24, 2.45) is 0 Å². The van der Waals surface area contributed by atoms with Crippen molar-refractivity contribution >= 4 is 92.7 Å². The summed E-state index contributed by atoms with van der Waals surface area (Å²) in [5, 5.41) is 13.5. The zero-order chi connectivity index (χ0) is 72.1. The Morgan fingerprint density at radius 2 is 0.468 bits per heavy atom. The molecule has 0 unspecified atom stereocenters. The fourth-order valence-corrected chi connectivity index (χ4v) is 15.7. The van der Waals surface area contributed by atoms with Crippen molar-refractivity contribution in [3.63, 3.8) is 0 Å². The molecule has 0 N–H and O–H groups in total. The summed E-state index contributed by atoms with van der Waals surface area (Å²) >= 11 is 0. The molecule has 0 spiro atoms. The standard InChI is InChI=1S/C40H25N3.C32H21N3.C28H19N3/c1-2-9-27(10-3-1)38-37-23-21-28-11-8-24-41-39(28)43(37)40(42-38)29-18-16-26(17-19-29)30-20-22-35-33-14-5-4-12-31(33)32-13-6-7-15-34(32)36(35)25-30;1-2-9-24(10-3-1)30-29-20-19-25-12-7-21-33-31(25)35(29)32(34-30)26-17-15-23(16-18-26)28-14-6-11-22-8-4-5-13-27(22)28;1-3-8-20(9-4-1)21-13-15-24(16-14-21)28-30-26(22-10-5-2-6-11-22)25-18-17-23-12-7-19-29-27(23)31(25)28/h1-25H;1-21H;1-19H. The highest BCUT2D eigenvalue weighted by atomic mass is 15.1. The number of nitrogens with zero attached hydrogens (tertiary/aromatic N) is 9. The Morgan fingerprint density at radius 1 is 0.174 bits per heavy atom. The maximum Gasteiger partial charge on any atom is 0.146 e. The lowest BCUT2D eigenvalue weighted by molar-refractivity contribution is 1.17. The van der Waals surface area contributed by atoms with Crippen molar-refractivity contribution in [3.8, 4) is 101 Å². The van der Waals surface area contributed by atoms with E-state index in [1.165, 1.54) is 76.5 Å². The first-order valence-electron chi connectivity index (χ1n) is 36.7. The first-order valence-corrected chi connectivity index (χ1v) is 36.7. The van der Waals surface area contributed by atoms with Gasteiger partial charge in [0.2, 0.25) is 0 Å². The Kier molecular flexibility index (Phi) is 16.0. The van der Waals surface area contributed by atoms with Gasteiger partial charge >= 0.3 is 0 Å². The zero-order valence-corrected chi connectivity index (χ0v) is 59.1. The van der Waals surface area contributed by atoms with E-state index in [4.69, 9.17) is 29.9 Å². The first kappa shape index (κ1) is 63.9. The molecular formula is C100H65N9.